The van der Waals surface area contributed by atoms with Gasteiger partial charge in [-0.3, -0.25) is 0 Å². The fourth-order valence-electron chi connectivity index (χ4n) is 4.65. The summed E-state index contributed by atoms with van der Waals surface area (Å²) in [5.41, 5.74) is 2.71. The first-order valence-electron chi connectivity index (χ1n) is 9.85. The van der Waals surface area contributed by atoms with Gasteiger partial charge in [-0.2, -0.15) is 0 Å². The first-order chi connectivity index (χ1) is 13.3. The van der Waals surface area contributed by atoms with Crippen LogP contribution in [0.1, 0.15) is 42.4 Å². The van der Waals surface area contributed by atoms with Crippen LogP contribution in [0.4, 0.5) is 0 Å². The summed E-state index contributed by atoms with van der Waals surface area (Å²) in [6.45, 7) is 0. The van der Waals surface area contributed by atoms with Gasteiger partial charge in [-0.25, -0.2) is 0 Å². The summed E-state index contributed by atoms with van der Waals surface area (Å²) in [6, 6.07) is 31.7. The summed E-state index contributed by atoms with van der Waals surface area (Å²) in [5, 5.41) is 0. The van der Waals surface area contributed by atoms with Crippen molar-refractivity contribution in [3.8, 4) is 0 Å². The highest BCUT2D eigenvalue weighted by Crippen LogP contribution is 2.52. The van der Waals surface area contributed by atoms with Crippen molar-refractivity contribution in [2.75, 3.05) is 0 Å². The minimum Gasteiger partial charge on any atom is -0.346 e. The normalized spacial score (nSPS) is 24.2. The molecule has 2 aliphatic heterocycles. The van der Waals surface area contributed by atoms with Crippen LogP contribution in [0.25, 0.3) is 0 Å². The number of hydrogen-bond acceptors (Lipinski definition) is 2. The van der Waals surface area contributed by atoms with E-state index >= 15 is 0 Å². The van der Waals surface area contributed by atoms with Crippen LogP contribution in [-0.4, -0.2) is 11.9 Å². The van der Waals surface area contributed by atoms with Gasteiger partial charge in [-0.05, 0) is 29.5 Å². The van der Waals surface area contributed by atoms with Crippen molar-refractivity contribution in [1.82, 2.24) is 0 Å². The second-order valence-electron chi connectivity index (χ2n) is 7.63. The van der Waals surface area contributed by atoms with Gasteiger partial charge in [0, 0.05) is 12.8 Å². The Labute approximate surface area is 160 Å². The molecule has 3 aromatic carbocycles. The molecule has 2 nitrogen and oxygen atoms in total. The second kappa shape index (κ2) is 6.63. The van der Waals surface area contributed by atoms with Crippen molar-refractivity contribution in [2.45, 2.75) is 43.2 Å². The molecule has 0 aromatic heterocycles. The predicted octanol–water partition coefficient (Wildman–Crippen LogP) is 5.66. The van der Waals surface area contributed by atoms with Gasteiger partial charge < -0.3 is 9.47 Å². The lowest BCUT2D eigenvalue weighted by molar-refractivity contribution is -0.385. The summed E-state index contributed by atoms with van der Waals surface area (Å²) in [6.07, 6.45) is 4.62. The zero-order valence-corrected chi connectivity index (χ0v) is 15.4. The molecule has 0 spiro atoms. The van der Waals surface area contributed by atoms with Crippen LogP contribution in [0.5, 0.6) is 0 Å². The van der Waals surface area contributed by atoms with Gasteiger partial charge >= 0.3 is 0 Å². The molecule has 3 fully saturated rings. The van der Waals surface area contributed by atoms with E-state index in [1.807, 2.05) is 0 Å². The lowest BCUT2D eigenvalue weighted by atomic mass is 9.78. The molecular weight excluding hydrogens is 332 g/mol. The quantitative estimate of drug-likeness (QED) is 0.549. The summed E-state index contributed by atoms with van der Waals surface area (Å²) in [7, 11) is 0. The van der Waals surface area contributed by atoms with E-state index in [0.29, 0.717) is 6.10 Å². The molecule has 1 saturated carbocycles. The maximum atomic E-state index is 7.07. The van der Waals surface area contributed by atoms with Crippen molar-refractivity contribution in [2.24, 2.45) is 0 Å². The van der Waals surface area contributed by atoms with E-state index in [0.717, 1.165) is 36.0 Å². The smallest absolute Gasteiger partial charge is 0.173 e. The first-order valence-corrected chi connectivity index (χ1v) is 9.85. The molecule has 3 aliphatic rings. The molecule has 2 saturated heterocycles. The Morgan fingerprint density at radius 2 is 1.19 bits per heavy atom. The van der Waals surface area contributed by atoms with Crippen LogP contribution < -0.4 is 0 Å². The lowest BCUT2D eigenvalue weighted by Crippen LogP contribution is -2.59. The van der Waals surface area contributed by atoms with Gasteiger partial charge in [0.05, 0.1) is 6.10 Å². The molecule has 2 bridgehead atoms. The average Bonchev–Trinajstić information content (AvgIpc) is 2.74. The molecule has 0 radical (unpaired) electrons. The number of ether oxygens (including phenoxy) is 2. The summed E-state index contributed by atoms with van der Waals surface area (Å²) in [4.78, 5) is 0. The third kappa shape index (κ3) is 2.80. The molecule has 136 valence electrons. The van der Waals surface area contributed by atoms with E-state index in [1.54, 1.807) is 0 Å². The SMILES string of the molecule is c1ccc(C(OC23CCC[C@H](C2)O3)(c2ccccc2)c2ccccc2)cc1. The number of hydrogen-bond donors (Lipinski definition) is 0. The second-order valence-corrected chi connectivity index (χ2v) is 7.63. The number of benzene rings is 3. The van der Waals surface area contributed by atoms with Crippen LogP contribution in [-0.2, 0) is 15.1 Å². The molecular formula is C25H24O2. The van der Waals surface area contributed by atoms with Gasteiger partial charge in [0.25, 0.3) is 0 Å². The molecule has 3 aromatic rings. The highest BCUT2D eigenvalue weighted by molar-refractivity contribution is 5.47. The number of rotatable bonds is 5. The van der Waals surface area contributed by atoms with Crippen LogP contribution in [0.2, 0.25) is 0 Å². The number of fused-ring (bicyclic) bond motifs is 2. The summed E-state index contributed by atoms with van der Waals surface area (Å²) < 4.78 is 13.3. The van der Waals surface area contributed by atoms with Crippen LogP contribution in [0.15, 0.2) is 91.0 Å². The van der Waals surface area contributed by atoms with Crippen LogP contribution >= 0.6 is 0 Å². The zero-order chi connectivity index (χ0) is 18.2. The molecule has 1 unspecified atom stereocenters. The van der Waals surface area contributed by atoms with Crippen LogP contribution in [0, 0.1) is 0 Å². The van der Waals surface area contributed by atoms with Gasteiger partial charge in [-0.15, -0.1) is 0 Å². The first kappa shape index (κ1) is 16.7. The van der Waals surface area contributed by atoms with E-state index in [9.17, 15) is 0 Å². The summed E-state index contributed by atoms with van der Waals surface area (Å²) >= 11 is 0. The fraction of sp³-hybridized carbons (Fsp3) is 0.280. The topological polar surface area (TPSA) is 18.5 Å². The third-order valence-corrected chi connectivity index (χ3v) is 5.88. The van der Waals surface area contributed by atoms with E-state index in [-0.39, 0.29) is 0 Å². The molecule has 2 heterocycles. The van der Waals surface area contributed by atoms with E-state index < -0.39 is 11.4 Å². The maximum Gasteiger partial charge on any atom is 0.173 e. The molecule has 2 atom stereocenters. The molecule has 0 N–H and O–H groups in total. The Hall–Kier alpha value is -2.42. The van der Waals surface area contributed by atoms with E-state index in [4.69, 9.17) is 9.47 Å². The molecule has 2 heteroatoms. The lowest BCUT2D eigenvalue weighted by Gasteiger charge is -2.55. The Morgan fingerprint density at radius 3 is 1.56 bits per heavy atom. The monoisotopic (exact) mass is 356 g/mol. The van der Waals surface area contributed by atoms with Crippen LogP contribution in [0.3, 0.4) is 0 Å². The van der Waals surface area contributed by atoms with Gasteiger partial charge in [-0.1, -0.05) is 91.0 Å². The van der Waals surface area contributed by atoms with Gasteiger partial charge in [0.1, 0.15) is 5.60 Å². The Morgan fingerprint density at radius 1 is 0.741 bits per heavy atom. The Bertz CT molecular complexity index is 781. The van der Waals surface area contributed by atoms with Crippen molar-refractivity contribution < 1.29 is 9.47 Å². The van der Waals surface area contributed by atoms with Gasteiger partial charge in [0.15, 0.2) is 5.79 Å². The highest BCUT2D eigenvalue weighted by atomic mass is 16.7. The minimum absolute atomic E-state index is 0.360. The van der Waals surface area contributed by atoms with Crippen molar-refractivity contribution >= 4 is 0 Å². The summed E-state index contributed by atoms with van der Waals surface area (Å²) in [5.74, 6) is -0.482. The van der Waals surface area contributed by atoms with E-state index in [1.165, 1.54) is 6.42 Å². The highest BCUT2D eigenvalue weighted by Gasteiger charge is 2.55. The standard InChI is InChI=1S/C25H24O2/c1-4-11-20(12-5-1)25(21-13-6-2-7-14-21,22-15-8-3-9-16-22)27-24-18-10-17-23(19-24)26-24/h1-9,11-16,23H,10,17-19H2/t23-,24?/m1/s1. The van der Waals surface area contributed by atoms with Crippen molar-refractivity contribution in [1.29, 1.82) is 0 Å². The molecule has 6 rings (SSSR count). The largest absolute Gasteiger partial charge is 0.346 e. The zero-order valence-electron chi connectivity index (χ0n) is 15.4. The Kier molecular flexibility index (Phi) is 4.11. The Balaban J connectivity index is 1.72. The molecule has 0 amide bonds. The molecule has 27 heavy (non-hydrogen) atoms. The maximum absolute atomic E-state index is 7.07. The molecule has 1 aliphatic carbocycles. The van der Waals surface area contributed by atoms with Crippen molar-refractivity contribution in [3.05, 3.63) is 108 Å². The van der Waals surface area contributed by atoms with Gasteiger partial charge in [0.2, 0.25) is 0 Å². The minimum atomic E-state index is -0.688. The fourth-order valence-corrected chi connectivity index (χ4v) is 4.65. The van der Waals surface area contributed by atoms with Crippen molar-refractivity contribution in [3.63, 3.8) is 0 Å². The predicted molar refractivity (Wildman–Crippen MR) is 106 cm³/mol. The van der Waals surface area contributed by atoms with E-state index in [2.05, 4.69) is 91.0 Å². The average molecular weight is 356 g/mol. The third-order valence-electron chi connectivity index (χ3n) is 5.88.